The van der Waals surface area contributed by atoms with Crippen molar-refractivity contribution >= 4 is 44.1 Å². The van der Waals surface area contributed by atoms with E-state index in [0.717, 1.165) is 21.3 Å². The van der Waals surface area contributed by atoms with Crippen molar-refractivity contribution in [3.63, 3.8) is 0 Å². The lowest BCUT2D eigenvalue weighted by molar-refractivity contribution is -0.132. The number of aliphatic hydroxyl groups is 1. The summed E-state index contributed by atoms with van der Waals surface area (Å²) in [6.45, 7) is 3.97. The average molecular weight is 472 g/mol. The van der Waals surface area contributed by atoms with E-state index in [9.17, 15) is 14.7 Å². The third-order valence-corrected chi connectivity index (χ3v) is 6.83. The molecule has 7 nitrogen and oxygen atoms in total. The Morgan fingerprint density at radius 1 is 1.09 bits per heavy atom. The summed E-state index contributed by atoms with van der Waals surface area (Å²) >= 11 is 1.34. The van der Waals surface area contributed by atoms with E-state index >= 15 is 0 Å². The van der Waals surface area contributed by atoms with Gasteiger partial charge in [-0.15, -0.1) is 0 Å². The zero-order valence-corrected chi connectivity index (χ0v) is 19.6. The molecule has 1 atom stereocenters. The highest BCUT2D eigenvalue weighted by Gasteiger charge is 2.48. The molecule has 1 aliphatic heterocycles. The molecule has 4 aromatic rings. The molecule has 1 aliphatic rings. The van der Waals surface area contributed by atoms with Gasteiger partial charge >= 0.3 is 5.91 Å². The van der Waals surface area contributed by atoms with E-state index < -0.39 is 17.7 Å². The van der Waals surface area contributed by atoms with Gasteiger partial charge in [-0.25, -0.2) is 4.98 Å². The smallest absolute Gasteiger partial charge is 0.301 e. The Morgan fingerprint density at radius 2 is 1.85 bits per heavy atom. The van der Waals surface area contributed by atoms with Crippen molar-refractivity contribution in [2.75, 3.05) is 12.0 Å². The number of nitrogens with zero attached hydrogens (tertiary/aromatic N) is 3. The zero-order valence-electron chi connectivity index (χ0n) is 18.8. The van der Waals surface area contributed by atoms with Gasteiger partial charge in [0.2, 0.25) is 0 Å². The fourth-order valence-electron chi connectivity index (χ4n) is 4.28. The third-order valence-electron chi connectivity index (χ3n) is 5.83. The number of aryl methyl sites for hydroxylation is 2. The molecule has 8 heteroatoms. The van der Waals surface area contributed by atoms with Crippen LogP contribution in [0.15, 0.2) is 66.5 Å². The number of benzene rings is 2. The molecule has 5 rings (SSSR count). The highest BCUT2D eigenvalue weighted by atomic mass is 32.1. The Kier molecular flexibility index (Phi) is 5.37. The predicted octanol–water partition coefficient (Wildman–Crippen LogP) is 4.94. The number of ether oxygens (including phenoxy) is 1. The minimum absolute atomic E-state index is 0.00314. The van der Waals surface area contributed by atoms with Gasteiger partial charge in [-0.1, -0.05) is 29.5 Å². The van der Waals surface area contributed by atoms with Crippen LogP contribution in [0.4, 0.5) is 5.13 Å². The van der Waals surface area contributed by atoms with Gasteiger partial charge in [0.1, 0.15) is 11.5 Å². The van der Waals surface area contributed by atoms with E-state index in [0.29, 0.717) is 22.0 Å². The van der Waals surface area contributed by atoms with E-state index in [-0.39, 0.29) is 11.3 Å². The van der Waals surface area contributed by atoms with Gasteiger partial charge in [0.25, 0.3) is 5.78 Å². The molecule has 0 aliphatic carbocycles. The number of carbonyl (C=O) groups is 2. The summed E-state index contributed by atoms with van der Waals surface area (Å²) in [5, 5.41) is 11.6. The van der Waals surface area contributed by atoms with Crippen LogP contribution in [0.5, 0.6) is 5.75 Å². The van der Waals surface area contributed by atoms with E-state index in [1.54, 1.807) is 43.5 Å². The van der Waals surface area contributed by atoms with Gasteiger partial charge in [0.15, 0.2) is 5.13 Å². The minimum Gasteiger partial charge on any atom is -0.507 e. The van der Waals surface area contributed by atoms with Gasteiger partial charge in [-0.05, 0) is 60.9 Å². The lowest BCUT2D eigenvalue weighted by Crippen LogP contribution is -2.29. The molecule has 170 valence electrons. The van der Waals surface area contributed by atoms with Crippen LogP contribution in [0.3, 0.4) is 0 Å². The van der Waals surface area contributed by atoms with Gasteiger partial charge in [-0.2, -0.15) is 0 Å². The SMILES string of the molecule is COc1cccc(C2C(=C(O)c3ccncc3)C(=O)C(=O)N2c2nc3c(C)cc(C)cc3s2)c1. The number of carbonyl (C=O) groups excluding carboxylic acids is 2. The highest BCUT2D eigenvalue weighted by molar-refractivity contribution is 7.22. The van der Waals surface area contributed by atoms with Crippen LogP contribution in [0.1, 0.15) is 28.3 Å². The summed E-state index contributed by atoms with van der Waals surface area (Å²) in [6.07, 6.45) is 3.04. The minimum atomic E-state index is -0.870. The lowest BCUT2D eigenvalue weighted by atomic mass is 9.95. The van der Waals surface area contributed by atoms with Crippen molar-refractivity contribution in [3.05, 3.63) is 88.8 Å². The highest BCUT2D eigenvalue weighted by Crippen LogP contribution is 2.45. The topological polar surface area (TPSA) is 92.6 Å². The normalized spacial score (nSPS) is 17.5. The molecular weight excluding hydrogens is 450 g/mol. The lowest BCUT2D eigenvalue weighted by Gasteiger charge is -2.23. The van der Waals surface area contributed by atoms with Crippen molar-refractivity contribution in [2.24, 2.45) is 0 Å². The van der Waals surface area contributed by atoms with E-state index in [1.807, 2.05) is 26.0 Å². The van der Waals surface area contributed by atoms with Crippen molar-refractivity contribution in [1.82, 2.24) is 9.97 Å². The van der Waals surface area contributed by atoms with Crippen molar-refractivity contribution in [3.8, 4) is 5.75 Å². The number of hydrogen-bond donors (Lipinski definition) is 1. The Bertz CT molecular complexity index is 1480. The molecule has 0 radical (unpaired) electrons. The first-order chi connectivity index (χ1) is 16.4. The summed E-state index contributed by atoms with van der Waals surface area (Å²) in [7, 11) is 1.55. The molecule has 3 heterocycles. The molecule has 1 fully saturated rings. The summed E-state index contributed by atoms with van der Waals surface area (Å²) in [5.74, 6) is -1.20. The molecule has 1 unspecified atom stereocenters. The fourth-order valence-corrected chi connectivity index (χ4v) is 5.45. The summed E-state index contributed by atoms with van der Waals surface area (Å²) < 4.78 is 6.30. The van der Waals surface area contributed by atoms with Crippen LogP contribution in [0.2, 0.25) is 0 Å². The molecule has 0 spiro atoms. The first kappa shape index (κ1) is 21.8. The first-order valence-electron chi connectivity index (χ1n) is 10.6. The Balaban J connectivity index is 1.76. The van der Waals surface area contributed by atoms with Crippen LogP contribution in [0, 0.1) is 13.8 Å². The van der Waals surface area contributed by atoms with Gasteiger partial charge in [0, 0.05) is 18.0 Å². The number of amides is 1. The number of fused-ring (bicyclic) bond motifs is 1. The number of anilines is 1. The number of aromatic nitrogens is 2. The monoisotopic (exact) mass is 471 g/mol. The van der Waals surface area contributed by atoms with Gasteiger partial charge in [-0.3, -0.25) is 19.5 Å². The molecule has 1 N–H and O–H groups in total. The second-order valence-electron chi connectivity index (χ2n) is 8.11. The Morgan fingerprint density at radius 3 is 2.59 bits per heavy atom. The van der Waals surface area contributed by atoms with E-state index in [2.05, 4.69) is 4.98 Å². The maximum absolute atomic E-state index is 13.4. The number of rotatable bonds is 4. The van der Waals surface area contributed by atoms with Crippen molar-refractivity contribution in [1.29, 1.82) is 0 Å². The molecule has 0 bridgehead atoms. The third kappa shape index (κ3) is 3.52. The quantitative estimate of drug-likeness (QED) is 0.257. The van der Waals surface area contributed by atoms with Crippen LogP contribution in [-0.2, 0) is 9.59 Å². The number of methoxy groups -OCH3 is 1. The Hall–Kier alpha value is -4.04. The summed E-state index contributed by atoms with van der Waals surface area (Å²) in [5.41, 5.74) is 3.88. The molecule has 2 aromatic heterocycles. The fraction of sp³-hybridized carbons (Fsp3) is 0.154. The molecular formula is C26H21N3O4S. The molecule has 1 amide bonds. The average Bonchev–Trinajstić information content (AvgIpc) is 3.38. The maximum Gasteiger partial charge on any atom is 0.301 e. The van der Waals surface area contributed by atoms with Crippen LogP contribution < -0.4 is 9.64 Å². The van der Waals surface area contributed by atoms with Crippen molar-refractivity contribution in [2.45, 2.75) is 19.9 Å². The molecule has 2 aromatic carbocycles. The first-order valence-corrected chi connectivity index (χ1v) is 11.4. The summed E-state index contributed by atoms with van der Waals surface area (Å²) in [6, 6.07) is 13.5. The number of pyridine rings is 1. The van der Waals surface area contributed by atoms with Crippen molar-refractivity contribution < 1.29 is 19.4 Å². The second-order valence-corrected chi connectivity index (χ2v) is 9.12. The molecule has 0 saturated carbocycles. The number of aliphatic hydroxyl groups excluding tert-OH is 1. The van der Waals surface area contributed by atoms with E-state index in [1.165, 1.54) is 28.6 Å². The predicted molar refractivity (Wildman–Crippen MR) is 131 cm³/mol. The number of hydrogen-bond acceptors (Lipinski definition) is 7. The number of thiazole rings is 1. The zero-order chi connectivity index (χ0) is 24.0. The maximum atomic E-state index is 13.4. The second kappa shape index (κ2) is 8.39. The van der Waals surface area contributed by atoms with Crippen LogP contribution in [-0.4, -0.2) is 33.9 Å². The van der Waals surface area contributed by atoms with Crippen LogP contribution >= 0.6 is 11.3 Å². The molecule has 1 saturated heterocycles. The number of ketones is 1. The van der Waals surface area contributed by atoms with E-state index in [4.69, 9.17) is 9.72 Å². The van der Waals surface area contributed by atoms with Gasteiger partial charge in [0.05, 0.1) is 28.9 Å². The largest absolute Gasteiger partial charge is 0.507 e. The standard InChI is InChI=1S/C26H21N3O4S/c1-14-11-15(2)21-19(12-14)34-26(28-21)29-22(17-5-4-6-18(13-17)33-3)20(24(31)25(29)32)23(30)16-7-9-27-10-8-16/h4-13,22,30H,1-3H3. The number of Topliss-reactive ketones (excluding diaryl/α,β-unsaturated/α-hetero) is 1. The van der Waals surface area contributed by atoms with Gasteiger partial charge < -0.3 is 9.84 Å². The van der Waals surface area contributed by atoms with Crippen LogP contribution in [0.25, 0.3) is 16.0 Å². The molecule has 34 heavy (non-hydrogen) atoms. The summed E-state index contributed by atoms with van der Waals surface area (Å²) in [4.78, 5) is 36.8. The Labute approximate surface area is 200 Å².